The fourth-order valence-electron chi connectivity index (χ4n) is 2.39. The van der Waals surface area contributed by atoms with E-state index in [2.05, 4.69) is 21.1 Å². The van der Waals surface area contributed by atoms with E-state index in [-0.39, 0.29) is 0 Å². The fraction of sp³-hybridized carbons (Fsp3) is 0.167. The number of rotatable bonds is 4. The van der Waals surface area contributed by atoms with Crippen LogP contribution in [0.3, 0.4) is 0 Å². The van der Waals surface area contributed by atoms with E-state index in [0.29, 0.717) is 11.4 Å². The number of aryl methyl sites for hydroxylation is 2. The zero-order valence-corrected chi connectivity index (χ0v) is 14.8. The van der Waals surface area contributed by atoms with Crippen molar-refractivity contribution in [1.82, 2.24) is 25.1 Å². The average molecular weight is 366 g/mol. The molecule has 2 N–H and O–H groups in total. The summed E-state index contributed by atoms with van der Waals surface area (Å²) >= 11 is 0. The van der Waals surface area contributed by atoms with Gasteiger partial charge >= 0.3 is 11.7 Å². The maximum Gasteiger partial charge on any atom is 0.368 e. The number of nitrogens with one attached hydrogen (secondary N) is 2. The molecule has 0 radical (unpaired) electrons. The van der Waals surface area contributed by atoms with Crippen molar-refractivity contribution in [1.29, 1.82) is 0 Å². The van der Waals surface area contributed by atoms with Gasteiger partial charge in [0.1, 0.15) is 6.54 Å². The molecule has 0 fully saturated rings. The first-order valence-electron chi connectivity index (χ1n) is 8.20. The summed E-state index contributed by atoms with van der Waals surface area (Å²) in [7, 11) is 0. The predicted octanol–water partition coefficient (Wildman–Crippen LogP) is 1.39. The van der Waals surface area contributed by atoms with Crippen LogP contribution in [0.25, 0.3) is 5.69 Å². The lowest BCUT2D eigenvalue weighted by atomic mass is 10.1. The van der Waals surface area contributed by atoms with Gasteiger partial charge in [0.2, 0.25) is 5.91 Å². The Morgan fingerprint density at radius 2 is 1.74 bits per heavy atom. The Morgan fingerprint density at radius 1 is 1.00 bits per heavy atom. The molecule has 0 aliphatic rings. The van der Waals surface area contributed by atoms with Gasteiger partial charge in [0, 0.05) is 5.69 Å². The lowest BCUT2D eigenvalue weighted by Crippen LogP contribution is -2.39. The second-order valence-electron chi connectivity index (χ2n) is 5.97. The number of urea groups is 1. The molecular weight excluding hydrogens is 348 g/mol. The van der Waals surface area contributed by atoms with E-state index in [0.717, 1.165) is 20.5 Å². The maximum atomic E-state index is 12.3. The van der Waals surface area contributed by atoms with Gasteiger partial charge < -0.3 is 5.32 Å². The van der Waals surface area contributed by atoms with Crippen LogP contribution in [0.15, 0.2) is 53.3 Å². The number of aromatic nitrogens is 4. The summed E-state index contributed by atoms with van der Waals surface area (Å²) in [5, 5.41) is 12.1. The number of carbonyl (C=O) groups is 2. The van der Waals surface area contributed by atoms with Gasteiger partial charge in [-0.15, -0.1) is 0 Å². The molecule has 3 amide bonds. The summed E-state index contributed by atoms with van der Waals surface area (Å²) in [6.45, 7) is 3.46. The standard InChI is InChI=1S/C18H18N6O3/c1-12-8-9-14(10-13(12)2)19-17(26)20-16(25)11-23-18(27)24(22-21-23)15-6-4-3-5-7-15/h3-10H,11H2,1-2H3,(H2,19,20,25,26). The zero-order valence-electron chi connectivity index (χ0n) is 14.8. The third kappa shape index (κ3) is 4.27. The van der Waals surface area contributed by atoms with Gasteiger partial charge in [0.15, 0.2) is 0 Å². The van der Waals surface area contributed by atoms with Crippen molar-refractivity contribution in [2.45, 2.75) is 20.4 Å². The molecule has 0 bridgehead atoms. The number of imide groups is 1. The molecule has 0 aliphatic carbocycles. The van der Waals surface area contributed by atoms with Crippen LogP contribution >= 0.6 is 0 Å². The van der Waals surface area contributed by atoms with E-state index in [1.54, 1.807) is 42.5 Å². The summed E-state index contributed by atoms with van der Waals surface area (Å²) in [5.41, 5.74) is 2.63. The van der Waals surface area contributed by atoms with Crippen molar-refractivity contribution in [3.8, 4) is 5.69 Å². The van der Waals surface area contributed by atoms with Gasteiger partial charge in [-0.3, -0.25) is 10.1 Å². The molecule has 2 aromatic carbocycles. The van der Waals surface area contributed by atoms with Crippen molar-refractivity contribution in [2.24, 2.45) is 0 Å². The number of tetrazole rings is 1. The summed E-state index contributed by atoms with van der Waals surface area (Å²) in [6, 6.07) is 13.4. The number of amides is 3. The minimum atomic E-state index is -0.688. The number of hydrogen-bond acceptors (Lipinski definition) is 5. The molecule has 3 rings (SSSR count). The molecule has 0 saturated carbocycles. The fourth-order valence-corrected chi connectivity index (χ4v) is 2.39. The van der Waals surface area contributed by atoms with Gasteiger partial charge in [-0.2, -0.15) is 9.36 Å². The molecule has 3 aromatic rings. The van der Waals surface area contributed by atoms with Crippen LogP contribution in [0.4, 0.5) is 10.5 Å². The molecule has 0 atom stereocenters. The summed E-state index contributed by atoms with van der Waals surface area (Å²) in [6.07, 6.45) is 0. The second-order valence-corrected chi connectivity index (χ2v) is 5.97. The quantitative estimate of drug-likeness (QED) is 0.725. The van der Waals surface area contributed by atoms with Crippen molar-refractivity contribution >= 4 is 17.6 Å². The Hall–Kier alpha value is -3.75. The minimum Gasteiger partial charge on any atom is -0.308 e. The Bertz CT molecular complexity index is 1040. The molecule has 0 spiro atoms. The monoisotopic (exact) mass is 366 g/mol. The first-order chi connectivity index (χ1) is 12.9. The van der Waals surface area contributed by atoms with Crippen LogP contribution < -0.4 is 16.3 Å². The van der Waals surface area contributed by atoms with E-state index in [4.69, 9.17) is 0 Å². The topological polar surface area (TPSA) is 111 Å². The maximum absolute atomic E-state index is 12.3. The summed E-state index contributed by atoms with van der Waals surface area (Å²) < 4.78 is 1.95. The lowest BCUT2D eigenvalue weighted by Gasteiger charge is -2.08. The number of carbonyl (C=O) groups excluding carboxylic acids is 2. The second kappa shape index (κ2) is 7.65. The lowest BCUT2D eigenvalue weighted by molar-refractivity contribution is -0.120. The highest BCUT2D eigenvalue weighted by atomic mass is 16.2. The Labute approximate surface area is 154 Å². The van der Waals surface area contributed by atoms with Crippen molar-refractivity contribution < 1.29 is 9.59 Å². The normalized spacial score (nSPS) is 10.4. The minimum absolute atomic E-state index is 0.425. The van der Waals surface area contributed by atoms with Crippen LogP contribution in [0.5, 0.6) is 0 Å². The molecule has 1 aromatic heterocycles. The molecule has 0 aliphatic heterocycles. The van der Waals surface area contributed by atoms with Gasteiger partial charge in [-0.1, -0.05) is 24.3 Å². The van der Waals surface area contributed by atoms with E-state index in [1.165, 1.54) is 0 Å². The van der Waals surface area contributed by atoms with Crippen molar-refractivity contribution in [3.63, 3.8) is 0 Å². The van der Waals surface area contributed by atoms with E-state index < -0.39 is 24.2 Å². The molecule has 0 saturated heterocycles. The Kier molecular flexibility index (Phi) is 5.11. The molecule has 27 heavy (non-hydrogen) atoms. The molecule has 9 heteroatoms. The smallest absolute Gasteiger partial charge is 0.308 e. The molecule has 1 heterocycles. The molecule has 9 nitrogen and oxygen atoms in total. The number of benzene rings is 2. The van der Waals surface area contributed by atoms with Crippen molar-refractivity contribution in [3.05, 3.63) is 70.1 Å². The highest BCUT2D eigenvalue weighted by molar-refractivity contribution is 6.01. The Balaban J connectivity index is 1.62. The van der Waals surface area contributed by atoms with Crippen LogP contribution in [-0.2, 0) is 11.3 Å². The van der Waals surface area contributed by atoms with E-state index in [9.17, 15) is 14.4 Å². The highest BCUT2D eigenvalue weighted by Gasteiger charge is 2.14. The molecule has 138 valence electrons. The number of para-hydroxylation sites is 1. The largest absolute Gasteiger partial charge is 0.368 e. The predicted molar refractivity (Wildman–Crippen MR) is 98.7 cm³/mol. The third-order valence-electron chi connectivity index (χ3n) is 3.95. The number of nitrogens with zero attached hydrogens (tertiary/aromatic N) is 4. The van der Waals surface area contributed by atoms with Crippen LogP contribution in [0, 0.1) is 13.8 Å². The average Bonchev–Trinajstić information content (AvgIpc) is 2.99. The van der Waals surface area contributed by atoms with Gasteiger partial charge in [-0.05, 0) is 59.7 Å². The molecule has 0 unspecified atom stereocenters. The van der Waals surface area contributed by atoms with E-state index >= 15 is 0 Å². The number of hydrogen-bond donors (Lipinski definition) is 2. The van der Waals surface area contributed by atoms with Crippen molar-refractivity contribution in [2.75, 3.05) is 5.32 Å². The first-order valence-corrected chi connectivity index (χ1v) is 8.20. The van der Waals surface area contributed by atoms with Gasteiger partial charge in [0.25, 0.3) is 0 Å². The van der Waals surface area contributed by atoms with Crippen LogP contribution in [-0.4, -0.2) is 31.7 Å². The third-order valence-corrected chi connectivity index (χ3v) is 3.95. The molecular formula is C18H18N6O3. The highest BCUT2D eigenvalue weighted by Crippen LogP contribution is 2.13. The summed E-state index contributed by atoms with van der Waals surface area (Å²) in [4.78, 5) is 36.2. The van der Waals surface area contributed by atoms with Gasteiger partial charge in [-0.25, -0.2) is 9.59 Å². The van der Waals surface area contributed by atoms with Crippen LogP contribution in [0.2, 0.25) is 0 Å². The number of anilines is 1. The first kappa shape index (κ1) is 18.1. The van der Waals surface area contributed by atoms with Gasteiger partial charge in [0.05, 0.1) is 5.69 Å². The Morgan fingerprint density at radius 3 is 2.44 bits per heavy atom. The summed E-state index contributed by atoms with van der Waals surface area (Å²) in [5.74, 6) is -0.682. The SMILES string of the molecule is Cc1ccc(NC(=O)NC(=O)Cn2nnn(-c3ccccc3)c2=O)cc1C. The van der Waals surface area contributed by atoms with E-state index in [1.807, 2.05) is 19.9 Å². The van der Waals surface area contributed by atoms with Crippen LogP contribution in [0.1, 0.15) is 11.1 Å². The zero-order chi connectivity index (χ0) is 19.4.